The smallest absolute Gasteiger partial charge is 0.229 e. The number of aliphatic hydroxyl groups excluding tert-OH is 1. The van der Waals surface area contributed by atoms with Crippen LogP contribution in [0.15, 0.2) is 11.6 Å². The molecule has 35 heavy (non-hydrogen) atoms. The number of hydrogen-bond donors (Lipinski definition) is 2. The molecule has 6 nitrogen and oxygen atoms in total. The molecule has 0 bridgehead atoms. The van der Waals surface area contributed by atoms with E-state index in [0.717, 1.165) is 30.4 Å². The highest BCUT2D eigenvalue weighted by molar-refractivity contribution is 5.64. The summed E-state index contributed by atoms with van der Waals surface area (Å²) >= 11 is 0. The summed E-state index contributed by atoms with van der Waals surface area (Å²) in [7, 11) is 0. The van der Waals surface area contributed by atoms with E-state index in [2.05, 4.69) is 33.8 Å². The first-order chi connectivity index (χ1) is 16.4. The van der Waals surface area contributed by atoms with Crippen LogP contribution in [0, 0.1) is 12.8 Å². The number of aromatic hydroxyl groups is 1. The minimum atomic E-state index is -1.03. The van der Waals surface area contributed by atoms with Gasteiger partial charge in [0.15, 0.2) is 17.3 Å². The van der Waals surface area contributed by atoms with Crippen molar-refractivity contribution in [2.45, 2.75) is 129 Å². The molecule has 0 saturated carbocycles. The molecule has 2 heterocycles. The van der Waals surface area contributed by atoms with Gasteiger partial charge in [-0.15, -0.1) is 0 Å². The molecular weight excluding hydrogens is 444 g/mol. The van der Waals surface area contributed by atoms with Crippen LogP contribution in [-0.2, 0) is 14.2 Å². The van der Waals surface area contributed by atoms with Crippen LogP contribution in [0.2, 0.25) is 0 Å². The Bertz CT molecular complexity index is 1020. The van der Waals surface area contributed by atoms with Crippen molar-refractivity contribution in [3.8, 4) is 11.5 Å². The fraction of sp³-hybridized carbons (Fsp3) is 0.724. The number of aliphatic hydroxyl groups is 1. The van der Waals surface area contributed by atoms with E-state index in [4.69, 9.17) is 18.9 Å². The fourth-order valence-corrected chi connectivity index (χ4v) is 7.09. The van der Waals surface area contributed by atoms with Gasteiger partial charge in [-0.2, -0.15) is 0 Å². The summed E-state index contributed by atoms with van der Waals surface area (Å²) in [5, 5.41) is 22.7. The molecule has 2 N–H and O–H groups in total. The summed E-state index contributed by atoms with van der Waals surface area (Å²) in [6.45, 7) is 16.5. The molecule has 0 radical (unpaired) electrons. The Morgan fingerprint density at radius 3 is 2.40 bits per heavy atom. The molecule has 2 aliphatic carbocycles. The summed E-state index contributed by atoms with van der Waals surface area (Å²) in [6.07, 6.45) is 2.41. The molecule has 1 aromatic carbocycles. The van der Waals surface area contributed by atoms with E-state index in [9.17, 15) is 10.2 Å². The first kappa shape index (κ1) is 25.1. The van der Waals surface area contributed by atoms with Crippen molar-refractivity contribution >= 4 is 0 Å². The lowest BCUT2D eigenvalue weighted by Crippen LogP contribution is -2.57. The van der Waals surface area contributed by atoms with Crippen LogP contribution in [0.1, 0.15) is 108 Å². The summed E-state index contributed by atoms with van der Waals surface area (Å²) in [6, 6.07) is 0. The zero-order valence-electron chi connectivity index (χ0n) is 22.4. The third-order valence-corrected chi connectivity index (χ3v) is 8.62. The zero-order valence-corrected chi connectivity index (χ0v) is 22.4. The topological polar surface area (TPSA) is 77.4 Å². The molecule has 1 aromatic rings. The van der Waals surface area contributed by atoms with Gasteiger partial charge in [-0.25, -0.2) is 0 Å². The summed E-state index contributed by atoms with van der Waals surface area (Å²) in [4.78, 5) is 0. The molecule has 5 rings (SSSR count). The first-order valence-electron chi connectivity index (χ1n) is 13.3. The van der Waals surface area contributed by atoms with Crippen LogP contribution in [0.25, 0.3) is 0 Å². The minimum absolute atomic E-state index is 0.169. The molecule has 0 aromatic heterocycles. The molecule has 2 saturated heterocycles. The van der Waals surface area contributed by atoms with Crippen LogP contribution in [0.4, 0.5) is 0 Å². The van der Waals surface area contributed by atoms with E-state index in [1.165, 1.54) is 16.7 Å². The van der Waals surface area contributed by atoms with Crippen molar-refractivity contribution in [1.82, 2.24) is 0 Å². The van der Waals surface area contributed by atoms with Gasteiger partial charge in [0, 0.05) is 11.5 Å². The first-order valence-corrected chi connectivity index (χ1v) is 13.3. The minimum Gasteiger partial charge on any atom is -0.504 e. The molecule has 2 fully saturated rings. The Kier molecular flexibility index (Phi) is 6.27. The van der Waals surface area contributed by atoms with Crippen LogP contribution in [0.3, 0.4) is 0 Å². The standard InChI is InChI=1S/C29H42O6/c1-13(2)11-18-12-15(4)19-10-9-14(3)20-22(19)21(18)16(5)23(30)26(20)33-28-24(31)27-25(17(6)32-28)34-29(7,8)35-27/h11,14-15,17-19,24-25,27-28,30-31H,9-10,12H2,1-8H3/t14-,15-,17-,18-,19+,24-,25+,27-,28-/m0/s1. The Balaban J connectivity index is 1.59. The van der Waals surface area contributed by atoms with Crippen molar-refractivity contribution in [3.63, 3.8) is 0 Å². The van der Waals surface area contributed by atoms with Crippen LogP contribution < -0.4 is 4.74 Å². The maximum Gasteiger partial charge on any atom is 0.229 e. The highest BCUT2D eigenvalue weighted by atomic mass is 16.8. The van der Waals surface area contributed by atoms with E-state index in [1.807, 2.05) is 27.7 Å². The second kappa shape index (κ2) is 8.76. The normalized spacial score (nSPS) is 39.5. The van der Waals surface area contributed by atoms with Gasteiger partial charge in [-0.05, 0) is 95.2 Å². The predicted octanol–water partition coefficient (Wildman–Crippen LogP) is 5.78. The monoisotopic (exact) mass is 486 g/mol. The summed E-state index contributed by atoms with van der Waals surface area (Å²) < 4.78 is 24.6. The second-order valence-corrected chi connectivity index (χ2v) is 12.1. The Hall–Kier alpha value is -1.60. The Morgan fingerprint density at radius 2 is 1.71 bits per heavy atom. The van der Waals surface area contributed by atoms with Gasteiger partial charge in [-0.1, -0.05) is 25.5 Å². The third-order valence-electron chi connectivity index (χ3n) is 8.62. The molecule has 0 unspecified atom stereocenters. The molecule has 9 atom stereocenters. The maximum atomic E-state index is 11.5. The van der Waals surface area contributed by atoms with Crippen molar-refractivity contribution in [2.75, 3.05) is 0 Å². The Labute approximate surface area is 209 Å². The molecule has 0 spiro atoms. The van der Waals surface area contributed by atoms with Crippen LogP contribution >= 0.6 is 0 Å². The van der Waals surface area contributed by atoms with Gasteiger partial charge < -0.3 is 29.2 Å². The number of phenolic OH excluding ortho intramolecular Hbond substituents is 1. The van der Waals surface area contributed by atoms with E-state index >= 15 is 0 Å². The van der Waals surface area contributed by atoms with Crippen molar-refractivity contribution in [1.29, 1.82) is 0 Å². The van der Waals surface area contributed by atoms with Gasteiger partial charge in [0.25, 0.3) is 0 Å². The predicted molar refractivity (Wildman–Crippen MR) is 134 cm³/mol. The lowest BCUT2D eigenvalue weighted by atomic mass is 9.62. The molecule has 0 amide bonds. The fourth-order valence-electron chi connectivity index (χ4n) is 7.09. The van der Waals surface area contributed by atoms with Gasteiger partial charge in [0.1, 0.15) is 18.3 Å². The number of ether oxygens (including phenoxy) is 4. The third kappa shape index (κ3) is 4.11. The van der Waals surface area contributed by atoms with Crippen molar-refractivity contribution in [2.24, 2.45) is 5.92 Å². The lowest BCUT2D eigenvalue weighted by molar-refractivity contribution is -0.244. The number of fused-ring (bicyclic) bond motifs is 1. The van der Waals surface area contributed by atoms with E-state index < -0.39 is 24.3 Å². The van der Waals surface area contributed by atoms with E-state index in [0.29, 0.717) is 17.6 Å². The lowest BCUT2D eigenvalue weighted by Gasteiger charge is -2.44. The average Bonchev–Trinajstić information content (AvgIpc) is 3.10. The van der Waals surface area contributed by atoms with Crippen LogP contribution in [-0.4, -0.2) is 46.7 Å². The zero-order chi connectivity index (χ0) is 25.4. The molecule has 194 valence electrons. The average molecular weight is 487 g/mol. The van der Waals surface area contributed by atoms with E-state index in [1.54, 1.807) is 0 Å². The van der Waals surface area contributed by atoms with Crippen LogP contribution in [0.5, 0.6) is 11.5 Å². The Morgan fingerprint density at radius 1 is 1.03 bits per heavy atom. The summed E-state index contributed by atoms with van der Waals surface area (Å²) in [5.41, 5.74) is 5.89. The molecule has 2 aliphatic heterocycles. The second-order valence-electron chi connectivity index (χ2n) is 12.1. The van der Waals surface area contributed by atoms with E-state index in [-0.39, 0.29) is 29.8 Å². The number of hydrogen-bond acceptors (Lipinski definition) is 6. The van der Waals surface area contributed by atoms with Gasteiger partial charge in [0.05, 0.1) is 6.10 Å². The number of allylic oxidation sites excluding steroid dienone is 2. The largest absolute Gasteiger partial charge is 0.504 e. The molecule has 6 heteroatoms. The number of phenols is 1. The van der Waals surface area contributed by atoms with Gasteiger partial charge >= 0.3 is 0 Å². The highest BCUT2D eigenvalue weighted by Gasteiger charge is 2.55. The number of benzene rings is 1. The number of rotatable bonds is 3. The SMILES string of the molecule is CC(C)=C[C@H]1C[C@H](C)[C@H]2CC[C@H](C)c3c(O[C@@H]4O[C@@H](C)[C@H]5OC(C)(C)O[C@H]5[C@@H]4O)c(O)c(C)c1c32. The van der Waals surface area contributed by atoms with Gasteiger partial charge in [-0.3, -0.25) is 0 Å². The van der Waals surface area contributed by atoms with Crippen molar-refractivity contribution in [3.05, 3.63) is 33.9 Å². The summed E-state index contributed by atoms with van der Waals surface area (Å²) in [5.74, 6) is 1.38. The molecular formula is C29H42O6. The maximum absolute atomic E-state index is 11.5. The van der Waals surface area contributed by atoms with Crippen molar-refractivity contribution < 1.29 is 29.2 Å². The molecule has 4 aliphatic rings. The van der Waals surface area contributed by atoms with Gasteiger partial charge in [0.2, 0.25) is 6.29 Å². The highest BCUT2D eigenvalue weighted by Crippen LogP contribution is 2.58. The quantitative estimate of drug-likeness (QED) is 0.528.